The zero-order valence-corrected chi connectivity index (χ0v) is 10.8. The number of hydrogen-bond acceptors (Lipinski definition) is 3. The average Bonchev–Trinajstić information content (AvgIpc) is 2.46. The van der Waals surface area contributed by atoms with Crippen molar-refractivity contribution in [3.63, 3.8) is 0 Å². The number of benzene rings is 2. The molecule has 2 rings (SSSR count). The molecule has 0 saturated carbocycles. The predicted molar refractivity (Wildman–Crippen MR) is 73.5 cm³/mol. The van der Waals surface area contributed by atoms with Crippen LogP contribution in [0.5, 0.6) is 11.5 Å². The number of primary amides is 1. The Morgan fingerprint density at radius 2 is 1.68 bits per heavy atom. The van der Waals surface area contributed by atoms with E-state index in [1.807, 2.05) is 24.3 Å². The highest BCUT2D eigenvalue weighted by molar-refractivity contribution is 5.99. The maximum Gasteiger partial charge on any atom is 0.249 e. The van der Waals surface area contributed by atoms with Crippen LogP contribution in [0.2, 0.25) is 0 Å². The number of carbonyl (C=O) groups is 1. The molecule has 0 aliphatic carbocycles. The second-order valence-corrected chi connectivity index (χ2v) is 3.98. The van der Waals surface area contributed by atoms with Gasteiger partial charge in [-0.15, -0.1) is 0 Å². The zero-order valence-electron chi connectivity index (χ0n) is 10.8. The van der Waals surface area contributed by atoms with E-state index in [2.05, 4.69) is 0 Å². The van der Waals surface area contributed by atoms with E-state index in [-0.39, 0.29) is 0 Å². The van der Waals surface area contributed by atoms with E-state index in [9.17, 15) is 4.79 Å². The highest BCUT2D eigenvalue weighted by Gasteiger charge is 2.11. The van der Waals surface area contributed by atoms with Crippen LogP contribution in [0.3, 0.4) is 0 Å². The predicted octanol–water partition coefficient (Wildman–Crippen LogP) is 2.47. The molecule has 0 saturated heterocycles. The quantitative estimate of drug-likeness (QED) is 0.915. The minimum absolute atomic E-state index is 0.453. The first-order valence-electron chi connectivity index (χ1n) is 5.78. The summed E-state index contributed by atoms with van der Waals surface area (Å²) in [6, 6.07) is 12.7. The molecule has 0 atom stereocenters. The van der Waals surface area contributed by atoms with Crippen molar-refractivity contribution in [2.45, 2.75) is 0 Å². The van der Waals surface area contributed by atoms with E-state index in [0.717, 1.165) is 11.1 Å². The lowest BCUT2D eigenvalue weighted by Gasteiger charge is -2.11. The van der Waals surface area contributed by atoms with Crippen molar-refractivity contribution in [2.75, 3.05) is 14.2 Å². The van der Waals surface area contributed by atoms with Crippen LogP contribution in [-0.2, 0) is 0 Å². The summed E-state index contributed by atoms with van der Waals surface area (Å²) >= 11 is 0. The molecular formula is C15H15NO3. The lowest BCUT2D eigenvalue weighted by atomic mass is 9.99. The minimum atomic E-state index is -0.453. The van der Waals surface area contributed by atoms with Gasteiger partial charge in [-0.05, 0) is 29.3 Å². The molecule has 0 aromatic heterocycles. The first kappa shape index (κ1) is 13.0. The molecule has 0 spiro atoms. The van der Waals surface area contributed by atoms with Gasteiger partial charge in [0.1, 0.15) is 0 Å². The Balaban J connectivity index is 2.56. The van der Waals surface area contributed by atoms with E-state index in [0.29, 0.717) is 17.1 Å². The number of ether oxygens (including phenoxy) is 2. The molecule has 0 fully saturated rings. The third-order valence-corrected chi connectivity index (χ3v) is 2.89. The van der Waals surface area contributed by atoms with Crippen LogP contribution in [0.4, 0.5) is 0 Å². The number of hydrogen-bond donors (Lipinski definition) is 1. The molecule has 0 radical (unpaired) electrons. The van der Waals surface area contributed by atoms with Gasteiger partial charge in [0.05, 0.1) is 14.2 Å². The van der Waals surface area contributed by atoms with Crippen molar-refractivity contribution in [3.05, 3.63) is 48.0 Å². The fourth-order valence-electron chi connectivity index (χ4n) is 1.95. The maximum atomic E-state index is 11.4. The first-order chi connectivity index (χ1) is 9.17. The third-order valence-electron chi connectivity index (χ3n) is 2.89. The van der Waals surface area contributed by atoms with Gasteiger partial charge < -0.3 is 15.2 Å². The van der Waals surface area contributed by atoms with E-state index in [1.54, 1.807) is 32.4 Å². The minimum Gasteiger partial charge on any atom is -0.493 e. The SMILES string of the molecule is COc1ccc(-c2ccccc2C(N)=O)cc1OC. The summed E-state index contributed by atoms with van der Waals surface area (Å²) in [7, 11) is 3.15. The standard InChI is InChI=1S/C15H15NO3/c1-18-13-8-7-10(9-14(13)19-2)11-5-3-4-6-12(11)15(16)17/h3-9H,1-2H3,(H2,16,17). The highest BCUT2D eigenvalue weighted by Crippen LogP contribution is 2.33. The van der Waals surface area contributed by atoms with Gasteiger partial charge in [0.25, 0.3) is 0 Å². The Labute approximate surface area is 111 Å². The monoisotopic (exact) mass is 257 g/mol. The van der Waals surface area contributed by atoms with Gasteiger partial charge in [-0.1, -0.05) is 24.3 Å². The number of nitrogens with two attached hydrogens (primary N) is 1. The second-order valence-electron chi connectivity index (χ2n) is 3.98. The summed E-state index contributed by atoms with van der Waals surface area (Å²) in [6.45, 7) is 0. The molecule has 4 heteroatoms. The van der Waals surface area contributed by atoms with Gasteiger partial charge in [0, 0.05) is 5.56 Å². The summed E-state index contributed by atoms with van der Waals surface area (Å²) in [5, 5.41) is 0. The Morgan fingerprint density at radius 3 is 2.32 bits per heavy atom. The topological polar surface area (TPSA) is 61.5 Å². The largest absolute Gasteiger partial charge is 0.493 e. The van der Waals surface area contributed by atoms with Gasteiger partial charge in [0.15, 0.2) is 11.5 Å². The summed E-state index contributed by atoms with van der Waals surface area (Å²) in [5.74, 6) is 0.799. The molecule has 0 unspecified atom stereocenters. The van der Waals surface area contributed by atoms with Gasteiger partial charge in [-0.2, -0.15) is 0 Å². The molecule has 2 aromatic rings. The van der Waals surface area contributed by atoms with Crippen LogP contribution in [0, 0.1) is 0 Å². The van der Waals surface area contributed by atoms with E-state index < -0.39 is 5.91 Å². The van der Waals surface area contributed by atoms with Crippen molar-refractivity contribution in [3.8, 4) is 22.6 Å². The van der Waals surface area contributed by atoms with Gasteiger partial charge >= 0.3 is 0 Å². The Bertz CT molecular complexity index is 608. The van der Waals surface area contributed by atoms with Crippen molar-refractivity contribution in [1.29, 1.82) is 0 Å². The average molecular weight is 257 g/mol. The van der Waals surface area contributed by atoms with Crippen LogP contribution in [0.15, 0.2) is 42.5 Å². The van der Waals surface area contributed by atoms with E-state index in [4.69, 9.17) is 15.2 Å². The number of carbonyl (C=O) groups excluding carboxylic acids is 1. The molecule has 0 aliphatic rings. The van der Waals surface area contributed by atoms with E-state index in [1.165, 1.54) is 0 Å². The normalized spacial score (nSPS) is 10.0. The van der Waals surface area contributed by atoms with Crippen LogP contribution < -0.4 is 15.2 Å². The molecule has 1 amide bonds. The van der Waals surface area contributed by atoms with Gasteiger partial charge in [0.2, 0.25) is 5.91 Å². The molecule has 19 heavy (non-hydrogen) atoms. The summed E-state index contributed by atoms with van der Waals surface area (Å²) in [5.41, 5.74) is 7.49. The van der Waals surface area contributed by atoms with Gasteiger partial charge in [-0.25, -0.2) is 0 Å². The summed E-state index contributed by atoms with van der Waals surface area (Å²) in [6.07, 6.45) is 0. The Kier molecular flexibility index (Phi) is 3.71. The molecule has 98 valence electrons. The zero-order chi connectivity index (χ0) is 13.8. The van der Waals surface area contributed by atoms with Crippen LogP contribution >= 0.6 is 0 Å². The van der Waals surface area contributed by atoms with Crippen LogP contribution in [0.25, 0.3) is 11.1 Å². The second kappa shape index (κ2) is 5.44. The van der Waals surface area contributed by atoms with Gasteiger partial charge in [-0.3, -0.25) is 4.79 Å². The molecular weight excluding hydrogens is 242 g/mol. The van der Waals surface area contributed by atoms with Crippen LogP contribution in [0.1, 0.15) is 10.4 Å². The van der Waals surface area contributed by atoms with Crippen molar-refractivity contribution in [1.82, 2.24) is 0 Å². The summed E-state index contributed by atoms with van der Waals surface area (Å²) in [4.78, 5) is 11.4. The molecule has 0 aliphatic heterocycles. The molecule has 4 nitrogen and oxygen atoms in total. The molecule has 0 bridgehead atoms. The molecule has 2 N–H and O–H groups in total. The first-order valence-corrected chi connectivity index (χ1v) is 5.78. The van der Waals surface area contributed by atoms with Crippen molar-refractivity contribution in [2.24, 2.45) is 5.73 Å². The number of amides is 1. The van der Waals surface area contributed by atoms with Crippen LogP contribution in [-0.4, -0.2) is 20.1 Å². The fraction of sp³-hybridized carbons (Fsp3) is 0.133. The van der Waals surface area contributed by atoms with E-state index >= 15 is 0 Å². The highest BCUT2D eigenvalue weighted by atomic mass is 16.5. The summed E-state index contributed by atoms with van der Waals surface area (Å²) < 4.78 is 10.4. The number of methoxy groups -OCH3 is 2. The molecule has 0 heterocycles. The smallest absolute Gasteiger partial charge is 0.249 e. The third kappa shape index (κ3) is 2.52. The number of rotatable bonds is 4. The maximum absolute atomic E-state index is 11.4. The van der Waals surface area contributed by atoms with Crippen molar-refractivity contribution < 1.29 is 14.3 Å². The molecule has 2 aromatic carbocycles. The lowest BCUT2D eigenvalue weighted by molar-refractivity contribution is 0.100. The Morgan fingerprint density at radius 1 is 1.00 bits per heavy atom. The fourth-order valence-corrected chi connectivity index (χ4v) is 1.95. The van der Waals surface area contributed by atoms with Crippen molar-refractivity contribution >= 4 is 5.91 Å². The Hall–Kier alpha value is -2.49. The lowest BCUT2D eigenvalue weighted by Crippen LogP contribution is -2.12.